The maximum Gasteiger partial charge on any atom is 0.251 e. The molecule has 1 aliphatic rings. The molecule has 21 heavy (non-hydrogen) atoms. The molecule has 0 aromatic heterocycles. The predicted molar refractivity (Wildman–Crippen MR) is 84.0 cm³/mol. The molecule has 1 aliphatic carbocycles. The number of aliphatic hydroxyl groups excluding tert-OH is 1. The van der Waals surface area contributed by atoms with Gasteiger partial charge in [0.15, 0.2) is 0 Å². The van der Waals surface area contributed by atoms with Crippen molar-refractivity contribution in [1.29, 1.82) is 0 Å². The molecule has 0 aliphatic heterocycles. The first-order valence-corrected chi connectivity index (χ1v) is 7.65. The fourth-order valence-corrected chi connectivity index (χ4v) is 2.43. The Hall–Kier alpha value is -1.79. The molecule has 3 heteroatoms. The van der Waals surface area contributed by atoms with E-state index in [2.05, 4.69) is 24.1 Å². The third-order valence-corrected chi connectivity index (χ3v) is 3.94. The summed E-state index contributed by atoms with van der Waals surface area (Å²) in [7, 11) is 0. The second-order valence-electron chi connectivity index (χ2n) is 5.75. The van der Waals surface area contributed by atoms with Crippen molar-refractivity contribution in [3.8, 4) is 11.8 Å². The van der Waals surface area contributed by atoms with E-state index in [1.807, 2.05) is 19.1 Å². The van der Waals surface area contributed by atoms with Crippen molar-refractivity contribution in [2.24, 2.45) is 5.92 Å². The van der Waals surface area contributed by atoms with Gasteiger partial charge in [-0.15, -0.1) is 0 Å². The van der Waals surface area contributed by atoms with Crippen LogP contribution in [0.25, 0.3) is 0 Å². The Bertz CT molecular complexity index is 564. The minimum Gasteiger partial charge on any atom is -0.384 e. The van der Waals surface area contributed by atoms with E-state index < -0.39 is 0 Å². The molecule has 1 amide bonds. The average molecular weight is 285 g/mol. The van der Waals surface area contributed by atoms with Crippen LogP contribution in [0.2, 0.25) is 0 Å². The Labute approximate surface area is 126 Å². The van der Waals surface area contributed by atoms with E-state index in [4.69, 9.17) is 5.11 Å². The van der Waals surface area contributed by atoms with Crippen molar-refractivity contribution in [3.63, 3.8) is 0 Å². The van der Waals surface area contributed by atoms with Crippen LogP contribution in [0, 0.1) is 24.7 Å². The van der Waals surface area contributed by atoms with Gasteiger partial charge in [-0.25, -0.2) is 0 Å². The number of amides is 1. The summed E-state index contributed by atoms with van der Waals surface area (Å²) < 4.78 is 0. The van der Waals surface area contributed by atoms with E-state index in [-0.39, 0.29) is 18.6 Å². The Morgan fingerprint density at radius 1 is 1.48 bits per heavy atom. The largest absolute Gasteiger partial charge is 0.384 e. The molecule has 2 rings (SSSR count). The molecule has 0 bridgehead atoms. The predicted octanol–water partition coefficient (Wildman–Crippen LogP) is 2.65. The van der Waals surface area contributed by atoms with Gasteiger partial charge in [0, 0.05) is 17.2 Å². The average Bonchev–Trinajstić information content (AvgIpc) is 3.29. The van der Waals surface area contributed by atoms with Crippen LogP contribution < -0.4 is 5.32 Å². The summed E-state index contributed by atoms with van der Waals surface area (Å²) in [6.45, 7) is 3.87. The zero-order valence-electron chi connectivity index (χ0n) is 12.8. The lowest BCUT2D eigenvalue weighted by Crippen LogP contribution is -2.35. The second-order valence-corrected chi connectivity index (χ2v) is 5.75. The standard InChI is InChI=1S/C18H23NO2/c1-3-16(11-15-8-9-15)19-18(21)17-12-14(5-4-10-20)7-6-13(17)2/h6-7,12,15-16,20H,3,8-11H2,1-2H3,(H,19,21). The van der Waals surface area contributed by atoms with Crippen LogP contribution in [0.4, 0.5) is 0 Å². The van der Waals surface area contributed by atoms with Crippen molar-refractivity contribution in [1.82, 2.24) is 5.32 Å². The van der Waals surface area contributed by atoms with Crippen molar-refractivity contribution in [2.75, 3.05) is 6.61 Å². The topological polar surface area (TPSA) is 49.3 Å². The summed E-state index contributed by atoms with van der Waals surface area (Å²) in [5.41, 5.74) is 2.38. The van der Waals surface area contributed by atoms with Gasteiger partial charge in [-0.05, 0) is 43.4 Å². The molecule has 0 heterocycles. The van der Waals surface area contributed by atoms with E-state index in [1.165, 1.54) is 12.8 Å². The zero-order valence-corrected chi connectivity index (χ0v) is 12.8. The van der Waals surface area contributed by atoms with Crippen molar-refractivity contribution >= 4 is 5.91 Å². The fraction of sp³-hybridized carbons (Fsp3) is 0.500. The van der Waals surface area contributed by atoms with Crippen molar-refractivity contribution < 1.29 is 9.90 Å². The molecular weight excluding hydrogens is 262 g/mol. The van der Waals surface area contributed by atoms with E-state index in [9.17, 15) is 4.79 Å². The molecule has 1 aromatic rings. The van der Waals surface area contributed by atoms with Crippen LogP contribution in [0.5, 0.6) is 0 Å². The van der Waals surface area contributed by atoms with Crippen LogP contribution in [-0.4, -0.2) is 23.7 Å². The number of aryl methyl sites for hydroxylation is 1. The summed E-state index contributed by atoms with van der Waals surface area (Å²) in [5, 5.41) is 11.9. The SMILES string of the molecule is CCC(CC1CC1)NC(=O)c1cc(C#CCO)ccc1C. The maximum absolute atomic E-state index is 12.5. The number of carbonyl (C=O) groups excluding carboxylic acids is 1. The number of rotatable bonds is 5. The molecule has 1 atom stereocenters. The smallest absolute Gasteiger partial charge is 0.251 e. The van der Waals surface area contributed by atoms with Gasteiger partial charge in [0.25, 0.3) is 5.91 Å². The van der Waals surface area contributed by atoms with Gasteiger partial charge in [-0.3, -0.25) is 4.79 Å². The highest BCUT2D eigenvalue weighted by molar-refractivity contribution is 5.96. The van der Waals surface area contributed by atoms with E-state index >= 15 is 0 Å². The van der Waals surface area contributed by atoms with Crippen LogP contribution in [-0.2, 0) is 0 Å². The molecule has 1 unspecified atom stereocenters. The van der Waals surface area contributed by atoms with Crippen molar-refractivity contribution in [3.05, 3.63) is 34.9 Å². The van der Waals surface area contributed by atoms with Crippen LogP contribution in [0.3, 0.4) is 0 Å². The first-order chi connectivity index (χ1) is 10.1. The molecule has 1 saturated carbocycles. The Morgan fingerprint density at radius 3 is 2.86 bits per heavy atom. The molecule has 3 nitrogen and oxygen atoms in total. The molecule has 0 saturated heterocycles. The minimum atomic E-state index is -0.172. The van der Waals surface area contributed by atoms with E-state index in [0.29, 0.717) is 5.56 Å². The maximum atomic E-state index is 12.5. The lowest BCUT2D eigenvalue weighted by atomic mass is 10.0. The Kier molecular flexibility index (Phi) is 5.41. The summed E-state index contributed by atoms with van der Waals surface area (Å²) in [4.78, 5) is 12.5. The number of nitrogens with one attached hydrogen (secondary N) is 1. The van der Waals surface area contributed by atoms with Crippen molar-refractivity contribution in [2.45, 2.75) is 45.6 Å². The van der Waals surface area contributed by atoms with E-state index in [1.54, 1.807) is 6.07 Å². The van der Waals surface area contributed by atoms with Gasteiger partial charge in [0.2, 0.25) is 0 Å². The van der Waals surface area contributed by atoms with Crippen LogP contribution in [0.1, 0.15) is 54.1 Å². The number of hydrogen-bond donors (Lipinski definition) is 2. The lowest BCUT2D eigenvalue weighted by Gasteiger charge is -2.17. The van der Waals surface area contributed by atoms with Gasteiger partial charge in [-0.2, -0.15) is 0 Å². The molecule has 2 N–H and O–H groups in total. The first-order valence-electron chi connectivity index (χ1n) is 7.65. The lowest BCUT2D eigenvalue weighted by molar-refractivity contribution is 0.0932. The molecular formula is C18H23NO2. The summed E-state index contributed by atoms with van der Waals surface area (Å²) in [6.07, 6.45) is 4.66. The van der Waals surface area contributed by atoms with Crippen LogP contribution >= 0.6 is 0 Å². The van der Waals surface area contributed by atoms with Crippen LogP contribution in [0.15, 0.2) is 18.2 Å². The Balaban J connectivity index is 2.09. The summed E-state index contributed by atoms with van der Waals surface area (Å²) in [6, 6.07) is 5.84. The zero-order chi connectivity index (χ0) is 15.2. The van der Waals surface area contributed by atoms with Gasteiger partial charge >= 0.3 is 0 Å². The number of hydrogen-bond acceptors (Lipinski definition) is 2. The third-order valence-electron chi connectivity index (χ3n) is 3.94. The highest BCUT2D eigenvalue weighted by Crippen LogP contribution is 2.34. The molecule has 112 valence electrons. The number of carbonyl (C=O) groups is 1. The molecule has 1 aromatic carbocycles. The third kappa shape index (κ3) is 4.61. The molecule has 0 spiro atoms. The number of aliphatic hydroxyl groups is 1. The van der Waals surface area contributed by atoms with Gasteiger partial charge < -0.3 is 10.4 Å². The van der Waals surface area contributed by atoms with Gasteiger partial charge in [0.1, 0.15) is 6.61 Å². The summed E-state index contributed by atoms with van der Waals surface area (Å²) in [5.74, 6) is 6.24. The second kappa shape index (κ2) is 7.28. The normalized spacial score (nSPS) is 15.0. The Morgan fingerprint density at radius 2 is 2.24 bits per heavy atom. The minimum absolute atomic E-state index is 0.0207. The highest BCUT2D eigenvalue weighted by atomic mass is 16.2. The van der Waals surface area contributed by atoms with Gasteiger partial charge in [-0.1, -0.05) is 37.7 Å². The number of benzene rings is 1. The molecule has 1 fully saturated rings. The van der Waals surface area contributed by atoms with E-state index in [0.717, 1.165) is 29.9 Å². The monoisotopic (exact) mass is 285 g/mol. The quantitative estimate of drug-likeness (QED) is 0.817. The molecule has 0 radical (unpaired) electrons. The fourth-order valence-electron chi connectivity index (χ4n) is 2.43. The summed E-state index contributed by atoms with van der Waals surface area (Å²) >= 11 is 0. The highest BCUT2D eigenvalue weighted by Gasteiger charge is 2.25. The first kappa shape index (κ1) is 15.6. The van der Waals surface area contributed by atoms with Gasteiger partial charge in [0.05, 0.1) is 0 Å².